The number of nitrogens with zero attached hydrogens (tertiary/aromatic N) is 4. The van der Waals surface area contributed by atoms with Crippen molar-refractivity contribution in [3.05, 3.63) is 41.0 Å². The quantitative estimate of drug-likeness (QED) is 0.905. The Bertz CT molecular complexity index is 625. The van der Waals surface area contributed by atoms with Gasteiger partial charge in [0.1, 0.15) is 12.1 Å². The van der Waals surface area contributed by atoms with Gasteiger partial charge in [0.25, 0.3) is 0 Å². The second-order valence-electron chi connectivity index (χ2n) is 5.52. The molecule has 0 saturated carbocycles. The number of anilines is 2. The Morgan fingerprint density at radius 3 is 2.77 bits per heavy atom. The van der Waals surface area contributed by atoms with Crippen LogP contribution in [0.15, 0.2) is 35.3 Å². The van der Waals surface area contributed by atoms with Gasteiger partial charge in [0.15, 0.2) is 0 Å². The third-order valence-electron chi connectivity index (χ3n) is 3.97. The first-order valence-corrected chi connectivity index (χ1v) is 8.47. The number of hydrogen-bond donors (Lipinski definition) is 1. The summed E-state index contributed by atoms with van der Waals surface area (Å²) < 4.78 is 1.00. The van der Waals surface area contributed by atoms with E-state index >= 15 is 0 Å². The van der Waals surface area contributed by atoms with Gasteiger partial charge >= 0.3 is 0 Å². The highest BCUT2D eigenvalue weighted by Crippen LogP contribution is 2.22. The van der Waals surface area contributed by atoms with Crippen LogP contribution in [0.1, 0.15) is 25.5 Å². The summed E-state index contributed by atoms with van der Waals surface area (Å²) >= 11 is 3.46. The highest BCUT2D eigenvalue weighted by Gasteiger charge is 2.20. The molecular weight excluding hydrogens is 342 g/mol. The van der Waals surface area contributed by atoms with Crippen LogP contribution in [0.4, 0.5) is 11.5 Å². The molecule has 1 aliphatic heterocycles. The van der Waals surface area contributed by atoms with Gasteiger partial charge in [0, 0.05) is 41.6 Å². The Balaban J connectivity index is 1.58. The van der Waals surface area contributed by atoms with Gasteiger partial charge in [-0.3, -0.25) is 4.98 Å². The lowest BCUT2D eigenvalue weighted by atomic mass is 10.0. The van der Waals surface area contributed by atoms with E-state index in [1.165, 1.54) is 0 Å². The predicted molar refractivity (Wildman–Crippen MR) is 92.2 cm³/mol. The number of hydrogen-bond acceptors (Lipinski definition) is 5. The molecule has 0 bridgehead atoms. The fourth-order valence-electron chi connectivity index (χ4n) is 2.73. The van der Waals surface area contributed by atoms with Gasteiger partial charge in [-0.05, 0) is 41.3 Å². The number of nitrogens with one attached hydrogen (secondary N) is 1. The second-order valence-corrected chi connectivity index (χ2v) is 6.43. The minimum Gasteiger partial charge on any atom is -0.381 e. The van der Waals surface area contributed by atoms with Crippen LogP contribution < -0.4 is 10.2 Å². The lowest BCUT2D eigenvalue weighted by Crippen LogP contribution is -2.39. The molecule has 0 spiro atoms. The van der Waals surface area contributed by atoms with Crippen LogP contribution >= 0.6 is 15.9 Å². The Morgan fingerprint density at radius 2 is 2.05 bits per heavy atom. The van der Waals surface area contributed by atoms with Gasteiger partial charge in [-0.25, -0.2) is 9.97 Å². The molecule has 1 saturated heterocycles. The van der Waals surface area contributed by atoms with Crippen molar-refractivity contribution in [3.63, 3.8) is 0 Å². The molecule has 3 heterocycles. The maximum Gasteiger partial charge on any atom is 0.132 e. The fraction of sp³-hybridized carbons (Fsp3) is 0.438. The summed E-state index contributed by atoms with van der Waals surface area (Å²) in [7, 11) is 0. The van der Waals surface area contributed by atoms with Gasteiger partial charge in [-0.1, -0.05) is 6.92 Å². The summed E-state index contributed by atoms with van der Waals surface area (Å²) in [5.74, 6) is 1.05. The van der Waals surface area contributed by atoms with Crippen LogP contribution in [0.5, 0.6) is 0 Å². The number of aryl methyl sites for hydroxylation is 1. The van der Waals surface area contributed by atoms with Gasteiger partial charge in [-0.15, -0.1) is 0 Å². The van der Waals surface area contributed by atoms with E-state index in [1.54, 1.807) is 12.5 Å². The zero-order valence-corrected chi connectivity index (χ0v) is 14.3. The molecule has 0 aliphatic carbocycles. The largest absolute Gasteiger partial charge is 0.381 e. The molecule has 0 atom stereocenters. The topological polar surface area (TPSA) is 53.9 Å². The smallest absolute Gasteiger partial charge is 0.132 e. The van der Waals surface area contributed by atoms with Gasteiger partial charge in [-0.2, -0.15) is 0 Å². The number of piperidine rings is 1. The van der Waals surface area contributed by atoms with Crippen LogP contribution in [-0.4, -0.2) is 34.1 Å². The molecule has 1 fully saturated rings. The van der Waals surface area contributed by atoms with E-state index < -0.39 is 0 Å². The number of rotatable bonds is 4. The highest BCUT2D eigenvalue weighted by molar-refractivity contribution is 9.10. The average molecular weight is 362 g/mol. The van der Waals surface area contributed by atoms with Crippen molar-refractivity contribution >= 4 is 27.4 Å². The average Bonchev–Trinajstić information content (AvgIpc) is 2.56. The van der Waals surface area contributed by atoms with Crippen molar-refractivity contribution in [3.8, 4) is 0 Å². The van der Waals surface area contributed by atoms with Crippen molar-refractivity contribution in [2.75, 3.05) is 23.3 Å². The van der Waals surface area contributed by atoms with Crippen LogP contribution in [0.3, 0.4) is 0 Å². The summed E-state index contributed by atoms with van der Waals surface area (Å²) in [6, 6.07) is 4.66. The highest BCUT2D eigenvalue weighted by atomic mass is 79.9. The predicted octanol–water partition coefficient (Wildman–Crippen LogP) is 3.28. The molecule has 5 nitrogen and oxygen atoms in total. The van der Waals surface area contributed by atoms with E-state index in [4.69, 9.17) is 0 Å². The van der Waals surface area contributed by atoms with Crippen LogP contribution in [0.25, 0.3) is 0 Å². The van der Waals surface area contributed by atoms with E-state index in [0.717, 1.165) is 54.0 Å². The third-order valence-corrected chi connectivity index (χ3v) is 4.40. The standard InChI is InChI=1S/C16H20BrN5/c1-2-13-8-16(20-11-19-13)22-5-3-14(4-6-22)21-15-7-12(17)9-18-10-15/h7-11,14,21H,2-6H2,1H3. The summed E-state index contributed by atoms with van der Waals surface area (Å²) in [5, 5.41) is 3.56. The first-order chi connectivity index (χ1) is 10.7. The molecular formula is C16H20BrN5. The van der Waals surface area contributed by atoms with Crippen LogP contribution in [-0.2, 0) is 6.42 Å². The van der Waals surface area contributed by atoms with Crippen molar-refractivity contribution in [2.45, 2.75) is 32.2 Å². The van der Waals surface area contributed by atoms with Crippen LogP contribution in [0, 0.1) is 0 Å². The summed E-state index contributed by atoms with van der Waals surface area (Å²) in [6.45, 7) is 4.15. The SMILES string of the molecule is CCc1cc(N2CCC(Nc3cncc(Br)c3)CC2)ncn1. The van der Waals surface area contributed by atoms with Crippen molar-refractivity contribution in [2.24, 2.45) is 0 Å². The zero-order chi connectivity index (χ0) is 15.4. The Hall–Kier alpha value is -1.69. The normalized spacial score (nSPS) is 15.8. The Labute approximate surface area is 139 Å². The van der Waals surface area contributed by atoms with Gasteiger partial charge in [0.2, 0.25) is 0 Å². The number of aromatic nitrogens is 3. The molecule has 1 N–H and O–H groups in total. The molecule has 116 valence electrons. The first-order valence-electron chi connectivity index (χ1n) is 7.67. The molecule has 0 unspecified atom stereocenters. The third kappa shape index (κ3) is 3.74. The molecule has 1 aliphatic rings. The van der Waals surface area contributed by atoms with Gasteiger partial charge in [0.05, 0.1) is 11.9 Å². The number of pyridine rings is 1. The Kier molecular flexibility index (Phi) is 4.87. The van der Waals surface area contributed by atoms with E-state index in [1.807, 2.05) is 6.20 Å². The van der Waals surface area contributed by atoms with Crippen molar-refractivity contribution < 1.29 is 0 Å². The molecule has 6 heteroatoms. The number of halogens is 1. The summed E-state index contributed by atoms with van der Waals surface area (Å²) in [5.41, 5.74) is 2.17. The zero-order valence-electron chi connectivity index (χ0n) is 12.7. The van der Waals surface area contributed by atoms with E-state index in [-0.39, 0.29) is 0 Å². The van der Waals surface area contributed by atoms with Crippen molar-refractivity contribution in [1.82, 2.24) is 15.0 Å². The molecule has 2 aromatic rings. The molecule has 2 aromatic heterocycles. The fourth-order valence-corrected chi connectivity index (χ4v) is 3.10. The van der Waals surface area contributed by atoms with E-state index in [2.05, 4.69) is 60.2 Å². The maximum absolute atomic E-state index is 4.41. The second kappa shape index (κ2) is 7.05. The Morgan fingerprint density at radius 1 is 1.23 bits per heavy atom. The van der Waals surface area contributed by atoms with E-state index in [9.17, 15) is 0 Å². The summed E-state index contributed by atoms with van der Waals surface area (Å²) in [6.07, 6.45) is 8.48. The summed E-state index contributed by atoms with van der Waals surface area (Å²) in [4.78, 5) is 15.2. The molecule has 3 rings (SSSR count). The molecule has 0 aromatic carbocycles. The molecule has 0 radical (unpaired) electrons. The van der Waals surface area contributed by atoms with Crippen LogP contribution in [0.2, 0.25) is 0 Å². The first kappa shape index (κ1) is 15.2. The molecule has 0 amide bonds. The lowest BCUT2D eigenvalue weighted by molar-refractivity contribution is 0.523. The molecule has 22 heavy (non-hydrogen) atoms. The minimum atomic E-state index is 0.486. The van der Waals surface area contributed by atoms with Crippen molar-refractivity contribution in [1.29, 1.82) is 0 Å². The monoisotopic (exact) mass is 361 g/mol. The maximum atomic E-state index is 4.41. The lowest BCUT2D eigenvalue weighted by Gasteiger charge is -2.33. The van der Waals surface area contributed by atoms with Gasteiger partial charge < -0.3 is 10.2 Å². The minimum absolute atomic E-state index is 0.486. The van der Waals surface area contributed by atoms with E-state index in [0.29, 0.717) is 6.04 Å².